The second kappa shape index (κ2) is 5.64. The van der Waals surface area contributed by atoms with Crippen LogP contribution in [0.25, 0.3) is 0 Å². The highest BCUT2D eigenvalue weighted by Crippen LogP contribution is 2.22. The first-order valence-corrected chi connectivity index (χ1v) is 6.97. The van der Waals surface area contributed by atoms with Crippen molar-refractivity contribution in [1.82, 2.24) is 4.90 Å². The first kappa shape index (κ1) is 13.7. The highest BCUT2D eigenvalue weighted by Gasteiger charge is 2.23. The van der Waals surface area contributed by atoms with Crippen molar-refractivity contribution < 1.29 is 13.6 Å². The lowest BCUT2D eigenvalue weighted by Crippen LogP contribution is -2.31. The van der Waals surface area contributed by atoms with Gasteiger partial charge in [-0.1, -0.05) is 24.3 Å². The Hall–Kier alpha value is -2.23. The van der Waals surface area contributed by atoms with Gasteiger partial charge in [0.1, 0.15) is 11.6 Å². The highest BCUT2D eigenvalue weighted by molar-refractivity contribution is 5.96. The van der Waals surface area contributed by atoms with Crippen LogP contribution < -0.4 is 0 Å². The number of fused-ring (bicyclic) bond motifs is 1. The van der Waals surface area contributed by atoms with Crippen molar-refractivity contribution in [3.8, 4) is 0 Å². The van der Waals surface area contributed by atoms with E-state index in [-0.39, 0.29) is 18.0 Å². The summed E-state index contributed by atoms with van der Waals surface area (Å²) in [5, 5.41) is 0. The minimum Gasteiger partial charge on any atom is -0.334 e. The molecule has 1 amide bonds. The van der Waals surface area contributed by atoms with Gasteiger partial charge in [-0.05, 0) is 36.6 Å². The van der Waals surface area contributed by atoms with E-state index in [4.69, 9.17) is 0 Å². The maximum Gasteiger partial charge on any atom is 0.254 e. The highest BCUT2D eigenvalue weighted by atomic mass is 19.1. The summed E-state index contributed by atoms with van der Waals surface area (Å²) in [7, 11) is 0. The predicted octanol–water partition coefficient (Wildman–Crippen LogP) is 3.55. The number of carbonyl (C=O) groups is 1. The molecule has 2 aromatic rings. The van der Waals surface area contributed by atoms with E-state index in [1.54, 1.807) is 6.07 Å². The van der Waals surface area contributed by atoms with Gasteiger partial charge in [0, 0.05) is 17.7 Å². The molecule has 0 N–H and O–H groups in total. The van der Waals surface area contributed by atoms with Crippen molar-refractivity contribution in [3.05, 3.63) is 70.8 Å². The van der Waals surface area contributed by atoms with E-state index >= 15 is 0 Å². The molecule has 0 unspecified atom stereocenters. The number of hydrogen-bond donors (Lipinski definition) is 0. The Morgan fingerprint density at radius 3 is 2.48 bits per heavy atom. The van der Waals surface area contributed by atoms with E-state index in [9.17, 15) is 13.6 Å². The fourth-order valence-electron chi connectivity index (χ4n) is 2.70. The van der Waals surface area contributed by atoms with Crippen LogP contribution >= 0.6 is 0 Å². The quantitative estimate of drug-likeness (QED) is 0.827. The molecular weight excluding hydrogens is 272 g/mol. The molecule has 0 bridgehead atoms. The zero-order chi connectivity index (χ0) is 14.8. The molecule has 1 aliphatic rings. The van der Waals surface area contributed by atoms with Gasteiger partial charge in [0.15, 0.2) is 0 Å². The van der Waals surface area contributed by atoms with Crippen molar-refractivity contribution in [2.45, 2.75) is 19.4 Å². The van der Waals surface area contributed by atoms with E-state index in [1.807, 2.05) is 18.2 Å². The van der Waals surface area contributed by atoms with Crippen molar-refractivity contribution in [2.75, 3.05) is 6.54 Å². The molecule has 1 heterocycles. The SMILES string of the molecule is O=C1c2ccccc2CCCN1Cc1c(F)cccc1F. The van der Waals surface area contributed by atoms with Crippen molar-refractivity contribution in [3.63, 3.8) is 0 Å². The number of halogens is 2. The van der Waals surface area contributed by atoms with Crippen LogP contribution in [0.2, 0.25) is 0 Å². The number of hydrogen-bond acceptors (Lipinski definition) is 1. The number of rotatable bonds is 2. The third-order valence-electron chi connectivity index (χ3n) is 3.82. The first-order chi connectivity index (χ1) is 10.2. The standard InChI is InChI=1S/C17H15F2NO/c18-15-8-3-9-16(19)14(15)11-20-10-4-6-12-5-1-2-7-13(12)17(20)21/h1-3,5,7-9H,4,6,10-11H2. The Balaban J connectivity index is 1.92. The fourth-order valence-corrected chi connectivity index (χ4v) is 2.70. The van der Waals surface area contributed by atoms with Crippen LogP contribution in [0.4, 0.5) is 8.78 Å². The number of carbonyl (C=O) groups excluding carboxylic acids is 1. The summed E-state index contributed by atoms with van der Waals surface area (Å²) in [5.41, 5.74) is 1.58. The number of aryl methyl sites for hydroxylation is 1. The van der Waals surface area contributed by atoms with E-state index in [2.05, 4.69) is 0 Å². The van der Waals surface area contributed by atoms with Crippen molar-refractivity contribution >= 4 is 5.91 Å². The molecule has 0 spiro atoms. The fraction of sp³-hybridized carbons (Fsp3) is 0.235. The molecule has 0 saturated carbocycles. The molecule has 0 radical (unpaired) electrons. The molecule has 0 saturated heterocycles. The smallest absolute Gasteiger partial charge is 0.254 e. The summed E-state index contributed by atoms with van der Waals surface area (Å²) in [6.07, 6.45) is 1.59. The molecule has 2 aromatic carbocycles. The van der Waals surface area contributed by atoms with E-state index in [0.29, 0.717) is 12.1 Å². The molecule has 1 aliphatic heterocycles. The average molecular weight is 287 g/mol. The lowest BCUT2D eigenvalue weighted by Gasteiger charge is -2.21. The normalized spacial score (nSPS) is 14.8. The molecule has 0 atom stereocenters. The Labute approximate surface area is 122 Å². The largest absolute Gasteiger partial charge is 0.334 e. The maximum atomic E-state index is 13.8. The summed E-state index contributed by atoms with van der Waals surface area (Å²) >= 11 is 0. The topological polar surface area (TPSA) is 20.3 Å². The van der Waals surface area contributed by atoms with Crippen LogP contribution in [0.3, 0.4) is 0 Å². The molecule has 3 rings (SSSR count). The third-order valence-corrected chi connectivity index (χ3v) is 3.82. The molecular formula is C17H15F2NO. The summed E-state index contributed by atoms with van der Waals surface area (Å²) in [5.74, 6) is -1.38. The zero-order valence-electron chi connectivity index (χ0n) is 11.5. The first-order valence-electron chi connectivity index (χ1n) is 6.97. The van der Waals surface area contributed by atoms with Crippen LogP contribution in [0.5, 0.6) is 0 Å². The molecule has 21 heavy (non-hydrogen) atoms. The lowest BCUT2D eigenvalue weighted by molar-refractivity contribution is 0.0745. The van der Waals surface area contributed by atoms with Gasteiger partial charge < -0.3 is 4.90 Å². The Morgan fingerprint density at radius 1 is 1.00 bits per heavy atom. The average Bonchev–Trinajstić information content (AvgIpc) is 2.63. The van der Waals surface area contributed by atoms with Gasteiger partial charge in [-0.25, -0.2) is 8.78 Å². The van der Waals surface area contributed by atoms with Crippen LogP contribution in [0, 0.1) is 11.6 Å². The van der Waals surface area contributed by atoms with Gasteiger partial charge >= 0.3 is 0 Å². The minimum absolute atomic E-state index is 0.0360. The monoisotopic (exact) mass is 287 g/mol. The summed E-state index contributed by atoms with van der Waals surface area (Å²) in [6, 6.07) is 11.2. The summed E-state index contributed by atoms with van der Waals surface area (Å²) in [4.78, 5) is 14.1. The van der Waals surface area contributed by atoms with Crippen LogP contribution in [-0.2, 0) is 13.0 Å². The van der Waals surface area contributed by atoms with Crippen LogP contribution in [0.1, 0.15) is 27.9 Å². The van der Waals surface area contributed by atoms with Gasteiger partial charge in [0.05, 0.1) is 6.54 Å². The molecule has 2 nitrogen and oxygen atoms in total. The van der Waals surface area contributed by atoms with Crippen LogP contribution in [0.15, 0.2) is 42.5 Å². The summed E-state index contributed by atoms with van der Waals surface area (Å²) < 4.78 is 27.5. The second-order valence-electron chi connectivity index (χ2n) is 5.19. The molecule has 0 fully saturated rings. The Bertz CT molecular complexity index is 664. The molecule has 0 aliphatic carbocycles. The minimum atomic E-state index is -0.611. The van der Waals surface area contributed by atoms with E-state index in [1.165, 1.54) is 23.1 Å². The van der Waals surface area contributed by atoms with E-state index in [0.717, 1.165) is 18.4 Å². The van der Waals surface area contributed by atoms with Gasteiger partial charge in [0.2, 0.25) is 0 Å². The molecule has 0 aromatic heterocycles. The third kappa shape index (κ3) is 2.66. The number of amides is 1. The lowest BCUT2D eigenvalue weighted by atomic mass is 10.0. The number of benzene rings is 2. The van der Waals surface area contributed by atoms with Gasteiger partial charge in [-0.2, -0.15) is 0 Å². The van der Waals surface area contributed by atoms with Gasteiger partial charge in [-0.3, -0.25) is 4.79 Å². The second-order valence-corrected chi connectivity index (χ2v) is 5.19. The zero-order valence-corrected chi connectivity index (χ0v) is 11.5. The van der Waals surface area contributed by atoms with E-state index < -0.39 is 11.6 Å². The van der Waals surface area contributed by atoms with Crippen molar-refractivity contribution in [2.24, 2.45) is 0 Å². The van der Waals surface area contributed by atoms with Crippen molar-refractivity contribution in [1.29, 1.82) is 0 Å². The Kier molecular flexibility index (Phi) is 3.69. The molecule has 108 valence electrons. The number of nitrogens with zero attached hydrogens (tertiary/aromatic N) is 1. The van der Waals surface area contributed by atoms with Crippen LogP contribution in [-0.4, -0.2) is 17.4 Å². The van der Waals surface area contributed by atoms with Gasteiger partial charge in [0.25, 0.3) is 5.91 Å². The molecule has 4 heteroatoms. The predicted molar refractivity (Wildman–Crippen MR) is 75.9 cm³/mol. The van der Waals surface area contributed by atoms with Gasteiger partial charge in [-0.15, -0.1) is 0 Å². The summed E-state index contributed by atoms with van der Waals surface area (Å²) in [6.45, 7) is 0.465. The maximum absolute atomic E-state index is 13.8. The Morgan fingerprint density at radius 2 is 1.71 bits per heavy atom.